The van der Waals surface area contributed by atoms with Crippen molar-refractivity contribution in [2.24, 2.45) is 5.73 Å². The maximum absolute atomic E-state index is 10.9. The highest BCUT2D eigenvalue weighted by Crippen LogP contribution is 1.97. The number of aliphatic hydroxyl groups excluding tert-OH is 1. The van der Waals surface area contributed by atoms with E-state index >= 15 is 0 Å². The smallest absolute Gasteiger partial charge is 0.407 e. The molecular weight excluding hydrogens is 184 g/mol. The number of nitrogens with one attached hydrogen (secondary N) is 1. The minimum atomic E-state index is -0.405. The van der Waals surface area contributed by atoms with Crippen molar-refractivity contribution in [3.63, 3.8) is 0 Å². The van der Waals surface area contributed by atoms with E-state index in [0.29, 0.717) is 13.1 Å². The third kappa shape index (κ3) is 9.28. The van der Waals surface area contributed by atoms with Crippen molar-refractivity contribution in [2.75, 3.05) is 26.3 Å². The van der Waals surface area contributed by atoms with Crippen molar-refractivity contribution in [3.05, 3.63) is 0 Å². The first-order valence-electron chi connectivity index (χ1n) is 5.02. The summed E-state index contributed by atoms with van der Waals surface area (Å²) in [6.45, 7) is 1.47. The van der Waals surface area contributed by atoms with Gasteiger partial charge in [-0.1, -0.05) is 12.8 Å². The molecule has 1 amide bonds. The number of rotatable bonds is 8. The molecule has 0 saturated heterocycles. The Hall–Kier alpha value is -0.810. The Labute approximate surface area is 84.6 Å². The molecule has 0 aliphatic carbocycles. The molecule has 14 heavy (non-hydrogen) atoms. The summed E-state index contributed by atoms with van der Waals surface area (Å²) in [6, 6.07) is 0. The Bertz CT molecular complexity index is 142. The SMILES string of the molecule is NCCOC(=O)NCCCCCCO. The van der Waals surface area contributed by atoms with Gasteiger partial charge >= 0.3 is 6.09 Å². The Balaban J connectivity index is 3.07. The number of ether oxygens (including phenoxy) is 1. The lowest BCUT2D eigenvalue weighted by Crippen LogP contribution is -2.27. The Morgan fingerprint density at radius 2 is 2.00 bits per heavy atom. The summed E-state index contributed by atoms with van der Waals surface area (Å²) < 4.78 is 4.70. The summed E-state index contributed by atoms with van der Waals surface area (Å²) in [6.07, 6.45) is 3.35. The summed E-state index contributed by atoms with van der Waals surface area (Å²) in [4.78, 5) is 10.9. The predicted molar refractivity (Wildman–Crippen MR) is 54.0 cm³/mol. The van der Waals surface area contributed by atoms with E-state index in [1.165, 1.54) is 0 Å². The number of amides is 1. The van der Waals surface area contributed by atoms with Gasteiger partial charge in [0.05, 0.1) is 0 Å². The zero-order valence-electron chi connectivity index (χ0n) is 8.50. The van der Waals surface area contributed by atoms with Crippen molar-refractivity contribution in [3.8, 4) is 0 Å². The molecule has 5 heteroatoms. The molecule has 0 fully saturated rings. The van der Waals surface area contributed by atoms with E-state index in [9.17, 15) is 4.79 Å². The molecule has 0 aromatic heterocycles. The lowest BCUT2D eigenvalue weighted by Gasteiger charge is -2.05. The Morgan fingerprint density at radius 1 is 1.29 bits per heavy atom. The van der Waals surface area contributed by atoms with E-state index in [-0.39, 0.29) is 13.2 Å². The molecule has 0 bridgehead atoms. The second-order valence-electron chi connectivity index (χ2n) is 2.99. The van der Waals surface area contributed by atoms with Crippen LogP contribution in [0.1, 0.15) is 25.7 Å². The van der Waals surface area contributed by atoms with Crippen LogP contribution < -0.4 is 11.1 Å². The molecule has 5 nitrogen and oxygen atoms in total. The highest BCUT2D eigenvalue weighted by atomic mass is 16.5. The third-order valence-corrected chi connectivity index (χ3v) is 1.71. The Kier molecular flexibility index (Phi) is 9.68. The molecule has 0 radical (unpaired) electrons. The van der Waals surface area contributed by atoms with E-state index in [1.807, 2.05) is 0 Å². The van der Waals surface area contributed by atoms with Crippen LogP contribution in [0.25, 0.3) is 0 Å². The molecule has 0 heterocycles. The number of carbonyl (C=O) groups is 1. The van der Waals surface area contributed by atoms with Gasteiger partial charge in [-0.2, -0.15) is 0 Å². The molecule has 0 aromatic rings. The summed E-state index contributed by atoms with van der Waals surface area (Å²) in [7, 11) is 0. The van der Waals surface area contributed by atoms with Crippen LogP contribution in [0.4, 0.5) is 4.79 Å². The lowest BCUT2D eigenvalue weighted by molar-refractivity contribution is 0.149. The predicted octanol–water partition coefficient (Wildman–Crippen LogP) is 0.224. The molecule has 0 aliphatic rings. The van der Waals surface area contributed by atoms with Gasteiger partial charge in [-0.25, -0.2) is 4.79 Å². The van der Waals surface area contributed by atoms with Gasteiger partial charge in [0.1, 0.15) is 6.61 Å². The number of aliphatic hydroxyl groups is 1. The fraction of sp³-hybridized carbons (Fsp3) is 0.889. The lowest BCUT2D eigenvalue weighted by atomic mass is 10.2. The topological polar surface area (TPSA) is 84.6 Å². The van der Waals surface area contributed by atoms with E-state index in [0.717, 1.165) is 25.7 Å². The van der Waals surface area contributed by atoms with Crippen LogP contribution >= 0.6 is 0 Å². The number of carbonyl (C=O) groups excluding carboxylic acids is 1. The van der Waals surface area contributed by atoms with Crippen molar-refractivity contribution in [2.45, 2.75) is 25.7 Å². The highest BCUT2D eigenvalue weighted by Gasteiger charge is 1.98. The standard InChI is InChI=1S/C9H20N2O3/c10-5-8-14-9(13)11-6-3-1-2-4-7-12/h12H,1-8,10H2,(H,11,13). The molecule has 0 aliphatic heterocycles. The summed E-state index contributed by atoms with van der Waals surface area (Å²) in [5.41, 5.74) is 5.16. The van der Waals surface area contributed by atoms with Crippen LogP contribution in [0.5, 0.6) is 0 Å². The number of hydrogen-bond acceptors (Lipinski definition) is 4. The second kappa shape index (κ2) is 10.3. The molecule has 0 rings (SSSR count). The first kappa shape index (κ1) is 13.2. The molecule has 0 unspecified atom stereocenters. The van der Waals surface area contributed by atoms with Crippen LogP contribution in [-0.4, -0.2) is 37.5 Å². The monoisotopic (exact) mass is 204 g/mol. The maximum atomic E-state index is 10.9. The molecule has 0 aromatic carbocycles. The number of alkyl carbamates (subject to hydrolysis) is 1. The molecule has 84 valence electrons. The zero-order valence-corrected chi connectivity index (χ0v) is 8.50. The minimum Gasteiger partial charge on any atom is -0.448 e. The van der Waals surface area contributed by atoms with E-state index in [1.54, 1.807) is 0 Å². The van der Waals surface area contributed by atoms with Gasteiger partial charge in [0.15, 0.2) is 0 Å². The van der Waals surface area contributed by atoms with Crippen molar-refractivity contribution in [1.82, 2.24) is 5.32 Å². The molecule has 0 atom stereocenters. The molecule has 0 spiro atoms. The van der Waals surface area contributed by atoms with Crippen LogP contribution in [-0.2, 0) is 4.74 Å². The van der Waals surface area contributed by atoms with Gasteiger partial charge in [0.25, 0.3) is 0 Å². The second-order valence-corrected chi connectivity index (χ2v) is 2.99. The van der Waals surface area contributed by atoms with Crippen LogP contribution in [0.15, 0.2) is 0 Å². The highest BCUT2D eigenvalue weighted by molar-refractivity contribution is 5.66. The van der Waals surface area contributed by atoms with Gasteiger partial charge < -0.3 is 20.9 Å². The van der Waals surface area contributed by atoms with E-state index in [2.05, 4.69) is 5.32 Å². The zero-order chi connectivity index (χ0) is 10.6. The molecule has 0 saturated carbocycles. The van der Waals surface area contributed by atoms with Crippen molar-refractivity contribution >= 4 is 6.09 Å². The first-order valence-corrected chi connectivity index (χ1v) is 5.02. The largest absolute Gasteiger partial charge is 0.448 e. The fourth-order valence-electron chi connectivity index (χ4n) is 0.983. The van der Waals surface area contributed by atoms with E-state index in [4.69, 9.17) is 15.6 Å². The van der Waals surface area contributed by atoms with Gasteiger partial charge in [-0.3, -0.25) is 0 Å². The normalized spacial score (nSPS) is 9.86. The van der Waals surface area contributed by atoms with Crippen LogP contribution in [0.3, 0.4) is 0 Å². The molecular formula is C9H20N2O3. The average molecular weight is 204 g/mol. The quantitative estimate of drug-likeness (QED) is 0.494. The third-order valence-electron chi connectivity index (χ3n) is 1.71. The van der Waals surface area contributed by atoms with Gasteiger partial charge in [0, 0.05) is 19.7 Å². The van der Waals surface area contributed by atoms with Crippen molar-refractivity contribution < 1.29 is 14.6 Å². The number of hydrogen-bond donors (Lipinski definition) is 3. The van der Waals surface area contributed by atoms with Gasteiger partial charge in [-0.05, 0) is 12.8 Å². The summed E-state index contributed by atoms with van der Waals surface area (Å²) >= 11 is 0. The van der Waals surface area contributed by atoms with Crippen LogP contribution in [0, 0.1) is 0 Å². The Morgan fingerprint density at radius 3 is 2.64 bits per heavy atom. The van der Waals surface area contributed by atoms with Crippen LogP contribution in [0.2, 0.25) is 0 Å². The number of nitrogens with two attached hydrogens (primary N) is 1. The van der Waals surface area contributed by atoms with Crippen molar-refractivity contribution in [1.29, 1.82) is 0 Å². The first-order chi connectivity index (χ1) is 6.81. The fourth-order valence-corrected chi connectivity index (χ4v) is 0.983. The minimum absolute atomic E-state index is 0.242. The van der Waals surface area contributed by atoms with E-state index < -0.39 is 6.09 Å². The summed E-state index contributed by atoms with van der Waals surface area (Å²) in [5.74, 6) is 0. The maximum Gasteiger partial charge on any atom is 0.407 e. The molecule has 4 N–H and O–H groups in total. The summed E-state index contributed by atoms with van der Waals surface area (Å²) in [5, 5.41) is 11.1. The van der Waals surface area contributed by atoms with Gasteiger partial charge in [-0.15, -0.1) is 0 Å². The average Bonchev–Trinajstić information content (AvgIpc) is 2.20. The number of unbranched alkanes of at least 4 members (excludes halogenated alkanes) is 3. The van der Waals surface area contributed by atoms with Gasteiger partial charge in [0.2, 0.25) is 0 Å².